The Morgan fingerprint density at radius 3 is 2.38 bits per heavy atom. The second kappa shape index (κ2) is 6.51. The van der Waals surface area contributed by atoms with Crippen LogP contribution in [0.4, 0.5) is 15.8 Å². The van der Waals surface area contributed by atoms with E-state index >= 15 is 0 Å². The SMILES string of the molecule is O=C(CNc1ccccc1C(=O)O)Nc1ccc(F)cc1. The van der Waals surface area contributed by atoms with Crippen molar-refractivity contribution in [3.63, 3.8) is 0 Å². The van der Waals surface area contributed by atoms with Crippen LogP contribution in [-0.2, 0) is 4.79 Å². The van der Waals surface area contributed by atoms with Crippen molar-refractivity contribution in [3.05, 3.63) is 59.9 Å². The highest BCUT2D eigenvalue weighted by Gasteiger charge is 2.10. The Morgan fingerprint density at radius 1 is 1.05 bits per heavy atom. The number of anilines is 2. The van der Waals surface area contributed by atoms with Crippen LogP contribution in [0, 0.1) is 5.82 Å². The van der Waals surface area contributed by atoms with Crippen molar-refractivity contribution in [1.29, 1.82) is 0 Å². The second-order valence-electron chi connectivity index (χ2n) is 4.26. The molecule has 2 aromatic carbocycles. The van der Waals surface area contributed by atoms with Gasteiger partial charge >= 0.3 is 5.97 Å². The molecule has 0 aliphatic carbocycles. The molecule has 1 amide bonds. The van der Waals surface area contributed by atoms with E-state index < -0.39 is 5.97 Å². The van der Waals surface area contributed by atoms with Gasteiger partial charge in [0.05, 0.1) is 12.1 Å². The Morgan fingerprint density at radius 2 is 1.71 bits per heavy atom. The quantitative estimate of drug-likeness (QED) is 0.790. The summed E-state index contributed by atoms with van der Waals surface area (Å²) in [4.78, 5) is 22.8. The van der Waals surface area contributed by atoms with Gasteiger partial charge in [-0.3, -0.25) is 4.79 Å². The van der Waals surface area contributed by atoms with Gasteiger partial charge in [0.25, 0.3) is 0 Å². The van der Waals surface area contributed by atoms with Crippen molar-refractivity contribution in [3.8, 4) is 0 Å². The molecule has 5 nitrogen and oxygen atoms in total. The van der Waals surface area contributed by atoms with E-state index in [2.05, 4.69) is 10.6 Å². The maximum Gasteiger partial charge on any atom is 0.337 e. The fourth-order valence-electron chi connectivity index (χ4n) is 1.74. The molecule has 0 atom stereocenters. The molecule has 21 heavy (non-hydrogen) atoms. The normalized spacial score (nSPS) is 9.95. The van der Waals surface area contributed by atoms with Crippen LogP contribution >= 0.6 is 0 Å². The Balaban J connectivity index is 1.95. The second-order valence-corrected chi connectivity index (χ2v) is 4.26. The lowest BCUT2D eigenvalue weighted by Gasteiger charge is -2.10. The number of aromatic carboxylic acids is 1. The molecular weight excluding hydrogens is 275 g/mol. The van der Waals surface area contributed by atoms with Crippen LogP contribution in [0.3, 0.4) is 0 Å². The van der Waals surface area contributed by atoms with Gasteiger partial charge in [-0.25, -0.2) is 9.18 Å². The molecule has 3 N–H and O–H groups in total. The van der Waals surface area contributed by atoms with Crippen molar-refractivity contribution >= 4 is 23.3 Å². The summed E-state index contributed by atoms with van der Waals surface area (Å²) in [5, 5.41) is 14.3. The number of hydrogen-bond donors (Lipinski definition) is 3. The highest BCUT2D eigenvalue weighted by atomic mass is 19.1. The van der Waals surface area contributed by atoms with E-state index in [1.54, 1.807) is 18.2 Å². The molecule has 0 saturated carbocycles. The van der Waals surface area contributed by atoms with E-state index in [1.807, 2.05) is 0 Å². The minimum absolute atomic E-state index is 0.0899. The lowest BCUT2D eigenvalue weighted by atomic mass is 10.2. The number of nitrogens with one attached hydrogen (secondary N) is 2. The van der Waals surface area contributed by atoms with E-state index in [1.165, 1.54) is 30.3 Å². The first-order chi connectivity index (χ1) is 10.1. The van der Waals surface area contributed by atoms with Gasteiger partial charge in [-0.15, -0.1) is 0 Å². The van der Waals surface area contributed by atoms with Gasteiger partial charge in [0.15, 0.2) is 0 Å². The number of rotatable bonds is 5. The Bertz CT molecular complexity index is 656. The number of halogens is 1. The molecule has 6 heteroatoms. The average Bonchev–Trinajstić information content (AvgIpc) is 2.48. The first-order valence-electron chi connectivity index (χ1n) is 6.18. The monoisotopic (exact) mass is 288 g/mol. The lowest BCUT2D eigenvalue weighted by molar-refractivity contribution is -0.114. The molecule has 0 bridgehead atoms. The molecule has 0 aromatic heterocycles. The van der Waals surface area contributed by atoms with Gasteiger partial charge in [-0.05, 0) is 36.4 Å². The minimum Gasteiger partial charge on any atom is -0.478 e. The maximum absolute atomic E-state index is 12.7. The Hall–Kier alpha value is -2.89. The highest BCUT2D eigenvalue weighted by Crippen LogP contribution is 2.14. The molecule has 0 aliphatic heterocycles. The molecule has 0 spiro atoms. The van der Waals surface area contributed by atoms with Gasteiger partial charge in [0.2, 0.25) is 5.91 Å². The van der Waals surface area contributed by atoms with Crippen LogP contribution in [0.2, 0.25) is 0 Å². The first kappa shape index (κ1) is 14.5. The summed E-state index contributed by atoms with van der Waals surface area (Å²) >= 11 is 0. The Kier molecular flexibility index (Phi) is 4.50. The van der Waals surface area contributed by atoms with E-state index in [-0.39, 0.29) is 23.8 Å². The Labute approximate surface area is 120 Å². The van der Waals surface area contributed by atoms with Gasteiger partial charge in [0, 0.05) is 11.4 Å². The van der Waals surface area contributed by atoms with Crippen molar-refractivity contribution in [1.82, 2.24) is 0 Å². The first-order valence-corrected chi connectivity index (χ1v) is 6.18. The number of amides is 1. The molecular formula is C15H13FN2O3. The number of carboxylic acid groups (broad SMARTS) is 1. The van der Waals surface area contributed by atoms with Crippen molar-refractivity contribution in [2.24, 2.45) is 0 Å². The summed E-state index contributed by atoms with van der Waals surface area (Å²) < 4.78 is 12.7. The van der Waals surface area contributed by atoms with E-state index in [4.69, 9.17) is 5.11 Å². The molecule has 0 heterocycles. The predicted molar refractivity (Wildman–Crippen MR) is 76.9 cm³/mol. The zero-order valence-electron chi connectivity index (χ0n) is 11.0. The van der Waals surface area contributed by atoms with Gasteiger partial charge < -0.3 is 15.7 Å². The molecule has 0 saturated heterocycles. The fourth-order valence-corrected chi connectivity index (χ4v) is 1.74. The largest absolute Gasteiger partial charge is 0.478 e. The number of carbonyl (C=O) groups excluding carboxylic acids is 1. The van der Waals surface area contributed by atoms with Crippen molar-refractivity contribution in [2.75, 3.05) is 17.2 Å². The summed E-state index contributed by atoms with van der Waals surface area (Å²) in [6.45, 7) is -0.0956. The smallest absolute Gasteiger partial charge is 0.337 e. The minimum atomic E-state index is -1.07. The molecule has 0 unspecified atom stereocenters. The number of benzene rings is 2. The third-order valence-corrected chi connectivity index (χ3v) is 2.72. The summed E-state index contributed by atoms with van der Waals surface area (Å²) in [6, 6.07) is 11.7. The number of para-hydroxylation sites is 1. The third-order valence-electron chi connectivity index (χ3n) is 2.72. The van der Waals surface area contributed by atoms with Gasteiger partial charge in [-0.2, -0.15) is 0 Å². The fraction of sp³-hybridized carbons (Fsp3) is 0.0667. The van der Waals surface area contributed by atoms with E-state index in [9.17, 15) is 14.0 Å². The average molecular weight is 288 g/mol. The topological polar surface area (TPSA) is 78.4 Å². The van der Waals surface area contributed by atoms with Gasteiger partial charge in [-0.1, -0.05) is 12.1 Å². The molecule has 2 aromatic rings. The highest BCUT2D eigenvalue weighted by molar-refractivity contribution is 5.97. The zero-order valence-corrected chi connectivity index (χ0v) is 11.0. The standard InChI is InChI=1S/C15H13FN2O3/c16-10-5-7-11(8-6-10)18-14(19)9-17-13-4-2-1-3-12(13)15(20)21/h1-8,17H,9H2,(H,18,19)(H,20,21). The van der Waals surface area contributed by atoms with E-state index in [0.717, 1.165) is 0 Å². The lowest BCUT2D eigenvalue weighted by Crippen LogP contribution is -2.22. The third kappa shape index (κ3) is 4.04. The molecule has 0 fully saturated rings. The molecule has 108 valence electrons. The van der Waals surface area contributed by atoms with Crippen LogP contribution in [0.5, 0.6) is 0 Å². The van der Waals surface area contributed by atoms with Crippen LogP contribution in [0.25, 0.3) is 0 Å². The van der Waals surface area contributed by atoms with Crippen LogP contribution in [0.1, 0.15) is 10.4 Å². The van der Waals surface area contributed by atoms with E-state index in [0.29, 0.717) is 11.4 Å². The summed E-state index contributed by atoms with van der Waals surface area (Å²) in [5.41, 5.74) is 0.918. The zero-order chi connectivity index (χ0) is 15.2. The van der Waals surface area contributed by atoms with Crippen molar-refractivity contribution < 1.29 is 19.1 Å². The summed E-state index contributed by atoms with van der Waals surface area (Å²) in [5.74, 6) is -1.82. The number of carboxylic acids is 1. The summed E-state index contributed by atoms with van der Waals surface area (Å²) in [7, 11) is 0. The van der Waals surface area contributed by atoms with Crippen molar-refractivity contribution in [2.45, 2.75) is 0 Å². The van der Waals surface area contributed by atoms with Crippen LogP contribution in [-0.4, -0.2) is 23.5 Å². The molecule has 0 aliphatic rings. The molecule has 0 radical (unpaired) electrons. The molecule has 2 rings (SSSR count). The maximum atomic E-state index is 12.7. The van der Waals surface area contributed by atoms with Crippen LogP contribution in [0.15, 0.2) is 48.5 Å². The number of hydrogen-bond acceptors (Lipinski definition) is 3. The number of carbonyl (C=O) groups is 2. The van der Waals surface area contributed by atoms with Gasteiger partial charge in [0.1, 0.15) is 5.82 Å². The summed E-state index contributed by atoms with van der Waals surface area (Å²) in [6.07, 6.45) is 0. The predicted octanol–water partition coefficient (Wildman–Crippen LogP) is 2.57. The van der Waals surface area contributed by atoms with Crippen LogP contribution < -0.4 is 10.6 Å².